The Morgan fingerprint density at radius 1 is 1.25 bits per heavy atom. The highest BCUT2D eigenvalue weighted by molar-refractivity contribution is 8.00. The van der Waals surface area contributed by atoms with E-state index in [-0.39, 0.29) is 18.4 Å². The third kappa shape index (κ3) is 6.91. The summed E-state index contributed by atoms with van der Waals surface area (Å²) in [7, 11) is 0. The highest BCUT2D eigenvalue weighted by atomic mass is 32.2. The summed E-state index contributed by atoms with van der Waals surface area (Å²) in [4.78, 5) is 34.3. The number of carboxylic acids is 1. The summed E-state index contributed by atoms with van der Waals surface area (Å²) in [5.74, 6) is -1.14. The highest BCUT2D eigenvalue weighted by Crippen LogP contribution is 2.27. The Kier molecular flexibility index (Phi) is 7.57. The summed E-state index contributed by atoms with van der Waals surface area (Å²) in [6, 6.07) is 7.92. The number of carbonyl (C=O) groups excluding carboxylic acids is 2. The molecule has 7 nitrogen and oxygen atoms in total. The smallest absolute Gasteiger partial charge is 0.408 e. The number of hydrogen-bond acceptors (Lipinski definition) is 5. The van der Waals surface area contributed by atoms with Crippen LogP contribution in [0, 0.1) is 0 Å². The summed E-state index contributed by atoms with van der Waals surface area (Å²) < 4.78 is 4.21. The molecule has 1 aromatic rings. The second-order valence-electron chi connectivity index (χ2n) is 5.60. The van der Waals surface area contributed by atoms with Crippen LogP contribution in [0.2, 0.25) is 0 Å². The Balaban J connectivity index is 2.59. The van der Waals surface area contributed by atoms with E-state index in [4.69, 9.17) is 4.74 Å². The summed E-state index contributed by atoms with van der Waals surface area (Å²) in [5, 5.41) is 14.3. The van der Waals surface area contributed by atoms with Gasteiger partial charge in [0.15, 0.2) is 0 Å². The Hall–Kier alpha value is -2.22. The van der Waals surface area contributed by atoms with Gasteiger partial charge in [0, 0.05) is 11.7 Å². The molecular formula is C16H22N2O5S. The van der Waals surface area contributed by atoms with Gasteiger partial charge in [-0.1, -0.05) is 30.3 Å². The minimum atomic E-state index is -1.17. The summed E-state index contributed by atoms with van der Waals surface area (Å²) >= 11 is 1.22. The molecule has 1 rings (SSSR count). The van der Waals surface area contributed by atoms with Crippen LogP contribution in [0.3, 0.4) is 0 Å². The number of benzene rings is 1. The van der Waals surface area contributed by atoms with Crippen LogP contribution in [0.25, 0.3) is 0 Å². The van der Waals surface area contributed by atoms with Crippen molar-refractivity contribution in [2.75, 3.05) is 5.88 Å². The van der Waals surface area contributed by atoms with Gasteiger partial charge in [-0.15, -0.1) is 11.8 Å². The maximum atomic E-state index is 11.9. The van der Waals surface area contributed by atoms with Crippen molar-refractivity contribution in [3.8, 4) is 0 Å². The lowest BCUT2D eigenvalue weighted by Crippen LogP contribution is -2.53. The van der Waals surface area contributed by atoms with Crippen LogP contribution in [0.15, 0.2) is 30.3 Å². The fourth-order valence-electron chi connectivity index (χ4n) is 1.82. The van der Waals surface area contributed by atoms with E-state index in [1.165, 1.54) is 18.7 Å². The van der Waals surface area contributed by atoms with E-state index in [9.17, 15) is 19.5 Å². The molecule has 0 fully saturated rings. The zero-order chi connectivity index (χ0) is 18.2. The first-order chi connectivity index (χ1) is 11.2. The van der Waals surface area contributed by atoms with Gasteiger partial charge in [-0.25, -0.2) is 9.59 Å². The molecule has 0 aliphatic rings. The first kappa shape index (κ1) is 19.8. The largest absolute Gasteiger partial charge is 0.480 e. The van der Waals surface area contributed by atoms with Gasteiger partial charge in [0.05, 0.1) is 5.88 Å². The number of carbonyl (C=O) groups is 3. The Morgan fingerprint density at radius 2 is 1.88 bits per heavy atom. The average molecular weight is 354 g/mol. The third-order valence-electron chi connectivity index (χ3n) is 3.18. The van der Waals surface area contributed by atoms with Gasteiger partial charge in [0.1, 0.15) is 12.6 Å². The van der Waals surface area contributed by atoms with Crippen molar-refractivity contribution < 1.29 is 24.2 Å². The highest BCUT2D eigenvalue weighted by Gasteiger charge is 2.37. The van der Waals surface area contributed by atoms with Gasteiger partial charge in [0.2, 0.25) is 5.91 Å². The van der Waals surface area contributed by atoms with Crippen LogP contribution in [-0.4, -0.2) is 39.7 Å². The summed E-state index contributed by atoms with van der Waals surface area (Å²) in [6.45, 7) is 4.78. The molecule has 0 aliphatic carbocycles. The number of amides is 2. The maximum absolute atomic E-state index is 11.9. The molecule has 0 spiro atoms. The van der Waals surface area contributed by atoms with Crippen molar-refractivity contribution in [1.29, 1.82) is 0 Å². The molecular weight excluding hydrogens is 332 g/mol. The van der Waals surface area contributed by atoms with E-state index >= 15 is 0 Å². The van der Waals surface area contributed by atoms with Gasteiger partial charge < -0.3 is 20.5 Å². The zero-order valence-electron chi connectivity index (χ0n) is 13.9. The quantitative estimate of drug-likeness (QED) is 0.617. The molecule has 1 aromatic carbocycles. The van der Waals surface area contributed by atoms with Crippen LogP contribution in [0.4, 0.5) is 4.79 Å². The number of alkyl carbamates (subject to hydrolysis) is 1. The molecule has 0 unspecified atom stereocenters. The summed E-state index contributed by atoms with van der Waals surface area (Å²) in [5.41, 5.74) is 0.804. The van der Waals surface area contributed by atoms with Crippen molar-refractivity contribution in [1.82, 2.24) is 10.6 Å². The molecule has 8 heteroatoms. The lowest BCUT2D eigenvalue weighted by Gasteiger charge is -2.31. The zero-order valence-corrected chi connectivity index (χ0v) is 14.7. The fraction of sp³-hybridized carbons (Fsp3) is 0.438. The average Bonchev–Trinajstić information content (AvgIpc) is 2.50. The van der Waals surface area contributed by atoms with Crippen molar-refractivity contribution in [3.05, 3.63) is 35.9 Å². The molecule has 24 heavy (non-hydrogen) atoms. The van der Waals surface area contributed by atoms with Crippen molar-refractivity contribution in [2.24, 2.45) is 0 Å². The predicted octanol–water partition coefficient (Wildman–Crippen LogP) is 1.97. The van der Waals surface area contributed by atoms with E-state index in [1.54, 1.807) is 26.0 Å². The number of rotatable bonds is 8. The molecule has 0 saturated carbocycles. The lowest BCUT2D eigenvalue weighted by atomic mass is 10.0. The lowest BCUT2D eigenvalue weighted by molar-refractivity contribution is -0.140. The minimum absolute atomic E-state index is 0.0540. The molecule has 0 heterocycles. The number of ether oxygens (including phenoxy) is 1. The predicted molar refractivity (Wildman–Crippen MR) is 91.5 cm³/mol. The van der Waals surface area contributed by atoms with E-state index in [0.717, 1.165) is 5.56 Å². The topological polar surface area (TPSA) is 105 Å². The molecule has 0 aliphatic heterocycles. The summed E-state index contributed by atoms with van der Waals surface area (Å²) in [6.07, 6.45) is -0.806. The SMILES string of the molecule is CC(=O)NCSC(C)(C)[C@H](NC(=O)OCc1ccccc1)C(=O)O. The molecule has 0 saturated heterocycles. The standard InChI is InChI=1S/C16H22N2O5S/c1-11(19)17-10-24-16(2,3)13(14(20)21)18-15(22)23-9-12-7-5-4-6-8-12/h4-8,13H,9-10H2,1-3H3,(H,17,19)(H,18,22)(H,20,21)/t13-/m1/s1. The van der Waals surface area contributed by atoms with E-state index < -0.39 is 22.9 Å². The molecule has 2 amide bonds. The van der Waals surface area contributed by atoms with Crippen LogP contribution >= 0.6 is 11.8 Å². The van der Waals surface area contributed by atoms with Crippen molar-refractivity contribution in [2.45, 2.75) is 38.2 Å². The van der Waals surface area contributed by atoms with Gasteiger partial charge in [-0.05, 0) is 19.4 Å². The Labute approximate surface area is 145 Å². The van der Waals surface area contributed by atoms with Gasteiger partial charge in [-0.3, -0.25) is 4.79 Å². The van der Waals surface area contributed by atoms with Crippen molar-refractivity contribution >= 4 is 29.7 Å². The first-order valence-electron chi connectivity index (χ1n) is 7.31. The van der Waals surface area contributed by atoms with Crippen LogP contribution < -0.4 is 10.6 Å². The van der Waals surface area contributed by atoms with Gasteiger partial charge >= 0.3 is 12.1 Å². The molecule has 1 atom stereocenters. The van der Waals surface area contributed by atoms with Crippen LogP contribution in [0.1, 0.15) is 26.3 Å². The van der Waals surface area contributed by atoms with E-state index in [0.29, 0.717) is 0 Å². The van der Waals surface area contributed by atoms with Crippen LogP contribution in [-0.2, 0) is 20.9 Å². The number of carboxylic acid groups (broad SMARTS) is 1. The van der Waals surface area contributed by atoms with E-state index in [1.807, 2.05) is 18.2 Å². The Bertz CT molecular complexity index is 577. The minimum Gasteiger partial charge on any atom is -0.480 e. The Morgan fingerprint density at radius 3 is 2.42 bits per heavy atom. The monoisotopic (exact) mass is 354 g/mol. The number of nitrogens with one attached hydrogen (secondary N) is 2. The molecule has 132 valence electrons. The first-order valence-corrected chi connectivity index (χ1v) is 8.29. The second kappa shape index (κ2) is 9.17. The molecule has 0 aromatic heterocycles. The molecule has 3 N–H and O–H groups in total. The second-order valence-corrected chi connectivity index (χ2v) is 7.23. The number of hydrogen-bond donors (Lipinski definition) is 3. The van der Waals surface area contributed by atoms with Gasteiger partial charge in [-0.2, -0.15) is 0 Å². The van der Waals surface area contributed by atoms with Crippen molar-refractivity contribution in [3.63, 3.8) is 0 Å². The number of aliphatic carboxylic acids is 1. The van der Waals surface area contributed by atoms with Crippen LogP contribution in [0.5, 0.6) is 0 Å². The normalized spacial score (nSPS) is 12.1. The van der Waals surface area contributed by atoms with E-state index in [2.05, 4.69) is 10.6 Å². The van der Waals surface area contributed by atoms with Gasteiger partial charge in [0.25, 0.3) is 0 Å². The molecule has 0 radical (unpaired) electrons. The fourth-order valence-corrected chi connectivity index (χ4v) is 2.80. The maximum Gasteiger partial charge on any atom is 0.408 e. The molecule has 0 bridgehead atoms. The third-order valence-corrected chi connectivity index (χ3v) is 4.45. The number of thioether (sulfide) groups is 1.